The lowest BCUT2D eigenvalue weighted by Gasteiger charge is -2.09. The van der Waals surface area contributed by atoms with E-state index in [1.165, 1.54) is 27.8 Å². The van der Waals surface area contributed by atoms with Gasteiger partial charge in [0.25, 0.3) is 5.56 Å². The second kappa shape index (κ2) is 11.1. The first kappa shape index (κ1) is 24.4. The number of anilines is 2. The van der Waals surface area contributed by atoms with Gasteiger partial charge in [0.1, 0.15) is 5.75 Å². The molecule has 2 heterocycles. The minimum Gasteiger partial charge on any atom is -0.495 e. The van der Waals surface area contributed by atoms with Gasteiger partial charge >= 0.3 is 0 Å². The summed E-state index contributed by atoms with van der Waals surface area (Å²) in [6, 6.07) is 14.3. The van der Waals surface area contributed by atoms with Gasteiger partial charge in [-0.15, -0.1) is 10.2 Å². The van der Waals surface area contributed by atoms with E-state index < -0.39 is 0 Å². The van der Waals surface area contributed by atoms with Crippen LogP contribution in [0.2, 0.25) is 0 Å². The second-order valence-corrected chi connectivity index (χ2v) is 9.69. The summed E-state index contributed by atoms with van der Waals surface area (Å²) in [6.45, 7) is 0. The molecule has 0 bridgehead atoms. The van der Waals surface area contributed by atoms with Crippen LogP contribution in [0.1, 0.15) is 12.1 Å². The maximum atomic E-state index is 12.6. The highest BCUT2D eigenvalue weighted by Crippen LogP contribution is 2.27. The molecule has 0 radical (unpaired) electrons. The summed E-state index contributed by atoms with van der Waals surface area (Å²) in [4.78, 5) is 37.1. The van der Waals surface area contributed by atoms with Gasteiger partial charge in [0.05, 0.1) is 30.3 Å². The Bertz CT molecular complexity index is 1440. The van der Waals surface area contributed by atoms with Crippen molar-refractivity contribution in [2.45, 2.75) is 17.2 Å². The van der Waals surface area contributed by atoms with Crippen LogP contribution in [0.15, 0.2) is 57.7 Å². The predicted molar refractivity (Wildman–Crippen MR) is 136 cm³/mol. The van der Waals surface area contributed by atoms with Gasteiger partial charge in [-0.25, -0.2) is 4.68 Å². The summed E-state index contributed by atoms with van der Waals surface area (Å²) >= 11 is 2.60. The van der Waals surface area contributed by atoms with E-state index >= 15 is 0 Å². The Morgan fingerprint density at radius 3 is 2.57 bits per heavy atom. The lowest BCUT2D eigenvalue weighted by atomic mass is 10.1. The van der Waals surface area contributed by atoms with Crippen molar-refractivity contribution >= 4 is 56.5 Å². The van der Waals surface area contributed by atoms with E-state index in [9.17, 15) is 14.4 Å². The van der Waals surface area contributed by atoms with Crippen LogP contribution in [0.25, 0.3) is 10.8 Å². The van der Waals surface area contributed by atoms with Gasteiger partial charge in [0.15, 0.2) is 4.34 Å². The fourth-order valence-corrected chi connectivity index (χ4v) is 5.11. The van der Waals surface area contributed by atoms with Crippen molar-refractivity contribution in [1.82, 2.24) is 20.0 Å². The van der Waals surface area contributed by atoms with Gasteiger partial charge in [-0.3, -0.25) is 14.4 Å². The molecular formula is C23H22N6O4S2. The molecule has 0 spiro atoms. The molecule has 35 heavy (non-hydrogen) atoms. The molecule has 0 aliphatic rings. The Balaban J connectivity index is 1.30. The van der Waals surface area contributed by atoms with Crippen LogP contribution >= 0.6 is 23.1 Å². The molecule has 0 saturated heterocycles. The van der Waals surface area contributed by atoms with Gasteiger partial charge in [-0.2, -0.15) is 5.10 Å². The summed E-state index contributed by atoms with van der Waals surface area (Å²) < 4.78 is 7.10. The van der Waals surface area contributed by atoms with Crippen molar-refractivity contribution in [1.29, 1.82) is 0 Å². The van der Waals surface area contributed by atoms with E-state index in [2.05, 4.69) is 25.9 Å². The number of aromatic nitrogens is 4. The lowest BCUT2D eigenvalue weighted by Crippen LogP contribution is -2.24. The topological polar surface area (TPSA) is 128 Å². The molecule has 0 aliphatic heterocycles. The third-order valence-electron chi connectivity index (χ3n) is 4.95. The predicted octanol–water partition coefficient (Wildman–Crippen LogP) is 3.10. The van der Waals surface area contributed by atoms with Gasteiger partial charge in [-0.1, -0.05) is 53.4 Å². The second-order valence-electron chi connectivity index (χ2n) is 7.37. The fraction of sp³-hybridized carbons (Fsp3) is 0.217. The van der Waals surface area contributed by atoms with Gasteiger partial charge < -0.3 is 15.4 Å². The third-order valence-corrected chi connectivity index (χ3v) is 6.92. The van der Waals surface area contributed by atoms with Gasteiger partial charge in [-0.05, 0) is 18.2 Å². The maximum Gasteiger partial charge on any atom is 0.274 e. The largest absolute Gasteiger partial charge is 0.495 e. The number of carbonyl (C=O) groups is 2. The molecule has 180 valence electrons. The van der Waals surface area contributed by atoms with Crippen molar-refractivity contribution in [2.75, 3.05) is 23.5 Å². The molecule has 0 unspecified atom stereocenters. The van der Waals surface area contributed by atoms with E-state index in [1.54, 1.807) is 50.6 Å². The number of benzene rings is 2. The Morgan fingerprint density at radius 1 is 1.03 bits per heavy atom. The number of aryl methyl sites for hydroxylation is 1. The molecule has 2 N–H and O–H groups in total. The average Bonchev–Trinajstić information content (AvgIpc) is 3.29. The Morgan fingerprint density at radius 2 is 1.77 bits per heavy atom. The Kier molecular flexibility index (Phi) is 7.73. The number of methoxy groups -OCH3 is 1. The van der Waals surface area contributed by atoms with Crippen molar-refractivity contribution in [3.05, 3.63) is 64.6 Å². The SMILES string of the molecule is COc1ccccc1NC(=O)CCSc1nnc(NC(=O)Cc2nn(C)c(=O)c3ccccc23)s1. The molecule has 2 amide bonds. The van der Waals surface area contributed by atoms with Crippen LogP contribution in [0, 0.1) is 0 Å². The first-order valence-corrected chi connectivity index (χ1v) is 12.4. The van der Waals surface area contributed by atoms with Crippen molar-refractivity contribution in [3.63, 3.8) is 0 Å². The minimum atomic E-state index is -0.315. The Hall–Kier alpha value is -3.77. The zero-order chi connectivity index (χ0) is 24.8. The summed E-state index contributed by atoms with van der Waals surface area (Å²) in [5.41, 5.74) is 0.902. The van der Waals surface area contributed by atoms with Crippen LogP contribution in [0.5, 0.6) is 5.75 Å². The van der Waals surface area contributed by atoms with Crippen LogP contribution in [0.3, 0.4) is 0 Å². The monoisotopic (exact) mass is 510 g/mol. The van der Waals surface area contributed by atoms with Crippen LogP contribution in [0.4, 0.5) is 10.8 Å². The van der Waals surface area contributed by atoms with E-state index in [4.69, 9.17) is 4.74 Å². The number of hydrogen-bond acceptors (Lipinski definition) is 9. The number of nitrogens with zero attached hydrogens (tertiary/aromatic N) is 4. The number of amides is 2. The summed E-state index contributed by atoms with van der Waals surface area (Å²) in [7, 11) is 3.11. The number of nitrogens with one attached hydrogen (secondary N) is 2. The Labute approximate surface area is 208 Å². The summed E-state index contributed by atoms with van der Waals surface area (Å²) in [5, 5.41) is 19.4. The molecule has 2 aromatic carbocycles. The highest BCUT2D eigenvalue weighted by molar-refractivity contribution is 8.01. The molecule has 0 aliphatic carbocycles. The normalized spacial score (nSPS) is 10.8. The number of ether oxygens (including phenoxy) is 1. The molecule has 4 aromatic rings. The number of rotatable bonds is 9. The van der Waals surface area contributed by atoms with Gasteiger partial charge in [0.2, 0.25) is 16.9 Å². The molecule has 12 heteroatoms. The number of hydrogen-bond donors (Lipinski definition) is 2. The van der Waals surface area contributed by atoms with Crippen LogP contribution in [-0.2, 0) is 23.1 Å². The fourth-order valence-electron chi connectivity index (χ4n) is 3.33. The lowest BCUT2D eigenvalue weighted by molar-refractivity contribution is -0.116. The number of thioether (sulfide) groups is 1. The number of carbonyl (C=O) groups excluding carboxylic acids is 2. The number of fused-ring (bicyclic) bond motifs is 1. The van der Waals surface area contributed by atoms with E-state index in [0.717, 1.165) is 0 Å². The van der Waals surface area contributed by atoms with Crippen molar-refractivity contribution in [3.8, 4) is 5.75 Å². The standard InChI is InChI=1S/C23H22N6O4S2/c1-29-21(32)15-8-4-3-7-14(15)17(28-29)13-20(31)25-22-26-27-23(35-22)34-12-11-19(30)24-16-9-5-6-10-18(16)33-2/h3-10H,11-13H2,1-2H3,(H,24,30)(H,25,26,31). The smallest absolute Gasteiger partial charge is 0.274 e. The molecule has 2 aromatic heterocycles. The minimum absolute atomic E-state index is 0.0141. The first-order valence-electron chi connectivity index (χ1n) is 10.6. The first-order chi connectivity index (χ1) is 16.9. The molecule has 10 nitrogen and oxygen atoms in total. The highest BCUT2D eigenvalue weighted by atomic mass is 32.2. The maximum absolute atomic E-state index is 12.6. The molecule has 0 saturated carbocycles. The summed E-state index contributed by atoms with van der Waals surface area (Å²) in [5.74, 6) is 0.637. The average molecular weight is 511 g/mol. The summed E-state index contributed by atoms with van der Waals surface area (Å²) in [6.07, 6.45) is 0.259. The van der Waals surface area contributed by atoms with Crippen molar-refractivity contribution in [2.24, 2.45) is 7.05 Å². The zero-order valence-electron chi connectivity index (χ0n) is 19.0. The van der Waals surface area contributed by atoms with Gasteiger partial charge in [0, 0.05) is 24.6 Å². The van der Waals surface area contributed by atoms with Crippen LogP contribution in [-0.4, -0.2) is 44.7 Å². The highest BCUT2D eigenvalue weighted by Gasteiger charge is 2.15. The molecule has 0 atom stereocenters. The molecular weight excluding hydrogens is 488 g/mol. The van der Waals surface area contributed by atoms with E-state index in [1.807, 2.05) is 12.1 Å². The van der Waals surface area contributed by atoms with E-state index in [-0.39, 0.29) is 30.2 Å². The number of para-hydroxylation sites is 2. The van der Waals surface area contributed by atoms with Crippen molar-refractivity contribution < 1.29 is 14.3 Å². The quantitative estimate of drug-likeness (QED) is 0.260. The third kappa shape index (κ3) is 6.03. The molecule has 0 fully saturated rings. The van der Waals surface area contributed by atoms with E-state index in [0.29, 0.717) is 43.1 Å². The molecule has 4 rings (SSSR count). The zero-order valence-corrected chi connectivity index (χ0v) is 20.6. The van der Waals surface area contributed by atoms with Crippen LogP contribution < -0.4 is 20.9 Å².